The van der Waals surface area contributed by atoms with Gasteiger partial charge < -0.3 is 23.7 Å². The molecule has 7 nitrogen and oxygen atoms in total. The minimum atomic E-state index is -0.749. The van der Waals surface area contributed by atoms with Gasteiger partial charge in [0.2, 0.25) is 5.79 Å². The van der Waals surface area contributed by atoms with Gasteiger partial charge >= 0.3 is 11.9 Å². The predicted molar refractivity (Wildman–Crippen MR) is 109 cm³/mol. The van der Waals surface area contributed by atoms with Crippen LogP contribution in [0.3, 0.4) is 0 Å². The van der Waals surface area contributed by atoms with Gasteiger partial charge in [-0.3, -0.25) is 4.79 Å². The van der Waals surface area contributed by atoms with Crippen LogP contribution in [0.25, 0.3) is 0 Å². The molecular formula is C23H26O7. The fourth-order valence-corrected chi connectivity index (χ4v) is 2.56. The van der Waals surface area contributed by atoms with E-state index in [0.29, 0.717) is 35.2 Å². The van der Waals surface area contributed by atoms with Crippen LogP contribution in [0, 0.1) is 5.41 Å². The van der Waals surface area contributed by atoms with E-state index in [1.165, 1.54) is 0 Å². The van der Waals surface area contributed by atoms with Crippen molar-refractivity contribution in [2.24, 2.45) is 5.41 Å². The smallest absolute Gasteiger partial charge is 0.349 e. The SMILES string of the molecule is CCC(C)(C)C(=O)Oc1ccc(OCC(=O)Oc2ccc3c(c2)OC(C)(C)O3)cc1. The molecule has 0 atom stereocenters. The van der Waals surface area contributed by atoms with Crippen LogP contribution < -0.4 is 23.7 Å². The lowest BCUT2D eigenvalue weighted by Crippen LogP contribution is -2.29. The molecule has 0 spiro atoms. The Morgan fingerprint density at radius 3 is 2.17 bits per heavy atom. The molecule has 0 fully saturated rings. The first-order valence-electron chi connectivity index (χ1n) is 9.76. The first-order chi connectivity index (χ1) is 14.1. The Morgan fingerprint density at radius 1 is 0.900 bits per heavy atom. The van der Waals surface area contributed by atoms with E-state index in [9.17, 15) is 9.59 Å². The van der Waals surface area contributed by atoms with Crippen LogP contribution in [0.2, 0.25) is 0 Å². The Hall–Kier alpha value is -3.22. The highest BCUT2D eigenvalue weighted by molar-refractivity contribution is 5.78. The molecule has 0 aliphatic carbocycles. The van der Waals surface area contributed by atoms with Crippen molar-refractivity contribution >= 4 is 11.9 Å². The van der Waals surface area contributed by atoms with Crippen molar-refractivity contribution in [1.29, 1.82) is 0 Å². The Morgan fingerprint density at radius 2 is 1.50 bits per heavy atom. The molecule has 2 aromatic carbocycles. The van der Waals surface area contributed by atoms with Crippen molar-refractivity contribution in [3.63, 3.8) is 0 Å². The number of rotatable bonds is 7. The summed E-state index contributed by atoms with van der Waals surface area (Å²) in [4.78, 5) is 24.2. The van der Waals surface area contributed by atoms with E-state index in [-0.39, 0.29) is 12.6 Å². The zero-order valence-corrected chi connectivity index (χ0v) is 17.8. The molecule has 160 valence electrons. The number of esters is 2. The van der Waals surface area contributed by atoms with Gasteiger partial charge in [0.25, 0.3) is 0 Å². The van der Waals surface area contributed by atoms with Gasteiger partial charge in [0.15, 0.2) is 18.1 Å². The number of benzene rings is 2. The largest absolute Gasteiger partial charge is 0.482 e. The molecule has 2 aromatic rings. The van der Waals surface area contributed by atoms with Crippen molar-refractivity contribution in [2.45, 2.75) is 46.8 Å². The van der Waals surface area contributed by atoms with Crippen LogP contribution >= 0.6 is 0 Å². The first-order valence-corrected chi connectivity index (χ1v) is 9.76. The average Bonchev–Trinajstić information content (AvgIpc) is 3.00. The van der Waals surface area contributed by atoms with Crippen molar-refractivity contribution < 1.29 is 33.3 Å². The van der Waals surface area contributed by atoms with E-state index in [2.05, 4.69) is 0 Å². The van der Waals surface area contributed by atoms with Gasteiger partial charge in [-0.25, -0.2) is 4.79 Å². The molecule has 30 heavy (non-hydrogen) atoms. The van der Waals surface area contributed by atoms with E-state index >= 15 is 0 Å². The highest BCUT2D eigenvalue weighted by atomic mass is 16.7. The molecule has 7 heteroatoms. The summed E-state index contributed by atoms with van der Waals surface area (Å²) in [5.41, 5.74) is -0.552. The lowest BCUT2D eigenvalue weighted by Gasteiger charge is -2.20. The molecule has 0 amide bonds. The zero-order chi connectivity index (χ0) is 21.9. The van der Waals surface area contributed by atoms with Crippen LogP contribution in [0.5, 0.6) is 28.7 Å². The van der Waals surface area contributed by atoms with Crippen LogP contribution in [0.1, 0.15) is 41.0 Å². The maximum Gasteiger partial charge on any atom is 0.349 e. The molecule has 1 aliphatic heterocycles. The third kappa shape index (κ3) is 5.23. The second kappa shape index (κ2) is 8.26. The van der Waals surface area contributed by atoms with Gasteiger partial charge in [0.1, 0.15) is 17.2 Å². The van der Waals surface area contributed by atoms with Crippen LogP contribution in [-0.2, 0) is 9.59 Å². The van der Waals surface area contributed by atoms with Crippen molar-refractivity contribution in [3.8, 4) is 28.7 Å². The maximum atomic E-state index is 12.1. The third-order valence-electron chi connectivity index (χ3n) is 4.69. The van der Waals surface area contributed by atoms with Crippen molar-refractivity contribution in [2.75, 3.05) is 6.61 Å². The van der Waals surface area contributed by atoms with Crippen molar-refractivity contribution in [1.82, 2.24) is 0 Å². The van der Waals surface area contributed by atoms with Gasteiger partial charge in [-0.1, -0.05) is 6.92 Å². The normalized spacial score (nSPS) is 14.2. The average molecular weight is 414 g/mol. The summed E-state index contributed by atoms with van der Waals surface area (Å²) in [6.45, 7) is 8.91. The zero-order valence-electron chi connectivity index (χ0n) is 17.8. The molecule has 3 rings (SSSR count). The number of hydrogen-bond acceptors (Lipinski definition) is 7. The molecule has 0 unspecified atom stereocenters. The summed E-state index contributed by atoms with van der Waals surface area (Å²) >= 11 is 0. The standard InChI is InChI=1S/C23H26O7/c1-6-22(2,3)21(25)28-16-9-7-15(8-10-16)26-14-20(24)27-17-11-12-18-19(13-17)30-23(4,5)29-18/h7-13H,6,14H2,1-5H3. The number of carbonyl (C=O) groups is 2. The quantitative estimate of drug-likeness (QED) is 0.487. The topological polar surface area (TPSA) is 80.3 Å². The Balaban J connectivity index is 1.50. The molecule has 0 N–H and O–H groups in total. The maximum absolute atomic E-state index is 12.1. The molecule has 0 aromatic heterocycles. The lowest BCUT2D eigenvalue weighted by atomic mass is 9.91. The van der Waals surface area contributed by atoms with Gasteiger partial charge in [-0.05, 0) is 56.7 Å². The second-order valence-electron chi connectivity index (χ2n) is 8.07. The highest BCUT2D eigenvalue weighted by Gasteiger charge is 2.32. The summed E-state index contributed by atoms with van der Waals surface area (Å²) in [5.74, 6) is 0.712. The molecule has 0 bridgehead atoms. The summed E-state index contributed by atoms with van der Waals surface area (Å²) in [6, 6.07) is 11.4. The Kier molecular flexibility index (Phi) is 5.92. The summed E-state index contributed by atoms with van der Waals surface area (Å²) < 4.78 is 27.3. The number of carbonyl (C=O) groups excluding carboxylic acids is 2. The Labute approximate surface area is 175 Å². The van der Waals surface area contributed by atoms with E-state index in [4.69, 9.17) is 23.7 Å². The van der Waals surface area contributed by atoms with Gasteiger partial charge in [0, 0.05) is 19.9 Å². The summed E-state index contributed by atoms with van der Waals surface area (Å²) in [5, 5.41) is 0. The molecule has 0 saturated carbocycles. The van der Waals surface area contributed by atoms with Gasteiger partial charge in [-0.15, -0.1) is 0 Å². The van der Waals surface area contributed by atoms with Gasteiger partial charge in [-0.2, -0.15) is 0 Å². The van der Waals surface area contributed by atoms with Crippen LogP contribution in [-0.4, -0.2) is 24.3 Å². The highest BCUT2D eigenvalue weighted by Crippen LogP contribution is 2.41. The van der Waals surface area contributed by atoms with Gasteiger partial charge in [0.05, 0.1) is 5.41 Å². The third-order valence-corrected chi connectivity index (χ3v) is 4.69. The summed E-state index contributed by atoms with van der Waals surface area (Å²) in [6.07, 6.45) is 0.677. The lowest BCUT2D eigenvalue weighted by molar-refractivity contribution is -0.144. The molecule has 0 saturated heterocycles. The van der Waals surface area contributed by atoms with Crippen LogP contribution in [0.15, 0.2) is 42.5 Å². The van der Waals surface area contributed by atoms with Crippen LogP contribution in [0.4, 0.5) is 0 Å². The molecule has 0 radical (unpaired) electrons. The van der Waals surface area contributed by atoms with E-state index in [1.54, 1.807) is 56.3 Å². The Bertz CT molecular complexity index is 929. The fourth-order valence-electron chi connectivity index (χ4n) is 2.56. The fraction of sp³-hybridized carbons (Fsp3) is 0.391. The number of hydrogen-bond donors (Lipinski definition) is 0. The molecule has 1 heterocycles. The van der Waals surface area contributed by atoms with Crippen molar-refractivity contribution in [3.05, 3.63) is 42.5 Å². The van der Waals surface area contributed by atoms with E-state index in [1.807, 2.05) is 20.8 Å². The predicted octanol–water partition coefficient (Wildman–Crippen LogP) is 4.52. The monoisotopic (exact) mass is 414 g/mol. The first kappa shape index (κ1) is 21.5. The molecular weight excluding hydrogens is 388 g/mol. The minimum Gasteiger partial charge on any atom is -0.482 e. The number of ether oxygens (including phenoxy) is 5. The number of fused-ring (bicyclic) bond motifs is 1. The minimum absolute atomic E-state index is 0.276. The molecule has 1 aliphatic rings. The summed E-state index contributed by atoms with van der Waals surface area (Å²) in [7, 11) is 0. The van der Waals surface area contributed by atoms with E-state index in [0.717, 1.165) is 0 Å². The van der Waals surface area contributed by atoms with E-state index < -0.39 is 17.2 Å². The second-order valence-corrected chi connectivity index (χ2v) is 8.07.